The summed E-state index contributed by atoms with van der Waals surface area (Å²) >= 11 is 0. The third kappa shape index (κ3) is 2.77. The summed E-state index contributed by atoms with van der Waals surface area (Å²) in [5, 5.41) is 2.98. The fraction of sp³-hybridized carbons (Fsp3) is 0.833. The Balaban J connectivity index is 2.06. The first-order valence-corrected chi connectivity index (χ1v) is 6.26. The number of nitrogens with zero attached hydrogens (tertiary/aromatic N) is 1. The highest BCUT2D eigenvalue weighted by molar-refractivity contribution is 5.73. The fourth-order valence-corrected chi connectivity index (χ4v) is 3.07. The van der Waals surface area contributed by atoms with E-state index in [1.165, 1.54) is 13.8 Å². The van der Waals surface area contributed by atoms with Crippen LogP contribution in [-0.4, -0.2) is 48.1 Å². The largest absolute Gasteiger partial charge is 0.461 e. The second kappa shape index (κ2) is 5.04. The molecule has 0 aromatic heterocycles. The molecule has 2 saturated heterocycles. The Labute approximate surface area is 101 Å². The summed E-state index contributed by atoms with van der Waals surface area (Å²) in [6.07, 6.45) is 2.87. The summed E-state index contributed by atoms with van der Waals surface area (Å²) in [4.78, 5) is 24.6. The maximum Gasteiger partial charge on any atom is 0.302 e. The Morgan fingerprint density at radius 2 is 2.00 bits per heavy atom. The zero-order valence-electron chi connectivity index (χ0n) is 10.4. The Morgan fingerprint density at radius 1 is 1.24 bits per heavy atom. The minimum Gasteiger partial charge on any atom is -0.461 e. The molecule has 0 bridgehead atoms. The minimum absolute atomic E-state index is 0.00896. The summed E-state index contributed by atoms with van der Waals surface area (Å²) in [6.45, 7) is 4.98. The van der Waals surface area contributed by atoms with E-state index in [-0.39, 0.29) is 30.1 Å². The Kier molecular flexibility index (Phi) is 3.66. The van der Waals surface area contributed by atoms with Crippen LogP contribution in [0.4, 0.5) is 0 Å². The van der Waals surface area contributed by atoms with Gasteiger partial charge < -0.3 is 10.1 Å². The minimum atomic E-state index is -0.232. The van der Waals surface area contributed by atoms with Gasteiger partial charge in [-0.3, -0.25) is 14.5 Å². The van der Waals surface area contributed by atoms with Crippen molar-refractivity contribution in [2.24, 2.45) is 0 Å². The zero-order chi connectivity index (χ0) is 12.4. The number of nitrogens with one attached hydrogen (secondary N) is 1. The van der Waals surface area contributed by atoms with Crippen LogP contribution in [0.5, 0.6) is 0 Å². The van der Waals surface area contributed by atoms with Gasteiger partial charge in [0.2, 0.25) is 5.91 Å². The van der Waals surface area contributed by atoms with Crippen LogP contribution in [0.3, 0.4) is 0 Å². The zero-order valence-corrected chi connectivity index (χ0v) is 10.4. The van der Waals surface area contributed by atoms with Crippen molar-refractivity contribution in [2.45, 2.75) is 51.3 Å². The number of carbonyl (C=O) groups is 2. The molecule has 3 atom stereocenters. The molecular weight excluding hydrogens is 220 g/mol. The fourth-order valence-electron chi connectivity index (χ4n) is 3.07. The van der Waals surface area contributed by atoms with E-state index in [4.69, 9.17) is 4.74 Å². The number of amides is 1. The van der Waals surface area contributed by atoms with Gasteiger partial charge in [-0.15, -0.1) is 0 Å². The average Bonchev–Trinajstić information content (AvgIpc) is 2.61. The van der Waals surface area contributed by atoms with Crippen LogP contribution in [0.1, 0.15) is 33.1 Å². The number of ether oxygens (including phenoxy) is 1. The number of carbonyl (C=O) groups excluding carboxylic acids is 2. The molecule has 1 N–H and O–H groups in total. The lowest BCUT2D eigenvalue weighted by Gasteiger charge is -2.38. The maximum atomic E-state index is 11.2. The summed E-state index contributed by atoms with van der Waals surface area (Å²) < 4.78 is 5.36. The molecule has 0 saturated carbocycles. The smallest absolute Gasteiger partial charge is 0.302 e. The van der Waals surface area contributed by atoms with Gasteiger partial charge in [-0.25, -0.2) is 0 Å². The lowest BCUT2D eigenvalue weighted by atomic mass is 9.94. The van der Waals surface area contributed by atoms with Crippen molar-refractivity contribution in [1.29, 1.82) is 0 Å². The van der Waals surface area contributed by atoms with Gasteiger partial charge in [0.1, 0.15) is 6.10 Å². The molecule has 2 rings (SSSR count). The van der Waals surface area contributed by atoms with Crippen LogP contribution < -0.4 is 5.32 Å². The first kappa shape index (κ1) is 12.4. The maximum absolute atomic E-state index is 11.2. The van der Waals surface area contributed by atoms with Crippen LogP contribution in [0.15, 0.2) is 0 Å². The molecule has 0 aromatic carbocycles. The van der Waals surface area contributed by atoms with E-state index in [1.54, 1.807) is 0 Å². The third-order valence-corrected chi connectivity index (χ3v) is 3.58. The lowest BCUT2D eigenvalue weighted by Crippen LogP contribution is -2.56. The number of rotatable bonds is 2. The second-order valence-corrected chi connectivity index (χ2v) is 4.91. The van der Waals surface area contributed by atoms with Crippen molar-refractivity contribution < 1.29 is 14.3 Å². The van der Waals surface area contributed by atoms with Crippen molar-refractivity contribution >= 4 is 11.9 Å². The Morgan fingerprint density at radius 3 is 2.65 bits per heavy atom. The van der Waals surface area contributed by atoms with Gasteiger partial charge in [-0.1, -0.05) is 0 Å². The molecule has 5 nitrogen and oxygen atoms in total. The number of fused-ring (bicyclic) bond motifs is 1. The molecule has 0 spiro atoms. The Hall–Kier alpha value is -1.10. The molecule has 5 heteroatoms. The van der Waals surface area contributed by atoms with Gasteiger partial charge in [0, 0.05) is 26.4 Å². The molecule has 0 aliphatic carbocycles. The van der Waals surface area contributed by atoms with Crippen molar-refractivity contribution in [2.75, 3.05) is 13.1 Å². The lowest BCUT2D eigenvalue weighted by molar-refractivity contribution is -0.148. The van der Waals surface area contributed by atoms with Gasteiger partial charge in [0.25, 0.3) is 0 Å². The van der Waals surface area contributed by atoms with E-state index in [0.717, 1.165) is 32.4 Å². The quantitative estimate of drug-likeness (QED) is 0.705. The van der Waals surface area contributed by atoms with Gasteiger partial charge >= 0.3 is 5.97 Å². The van der Waals surface area contributed by atoms with Gasteiger partial charge in [-0.2, -0.15) is 0 Å². The van der Waals surface area contributed by atoms with E-state index in [0.29, 0.717) is 0 Å². The second-order valence-electron chi connectivity index (χ2n) is 4.91. The molecule has 1 amide bonds. The predicted octanol–water partition coefficient (Wildman–Crippen LogP) is 0.291. The molecule has 0 radical (unpaired) electrons. The molecule has 2 fully saturated rings. The molecule has 0 aromatic rings. The monoisotopic (exact) mass is 240 g/mol. The highest BCUT2D eigenvalue weighted by Gasteiger charge is 2.43. The van der Waals surface area contributed by atoms with Crippen molar-refractivity contribution in [3.8, 4) is 0 Å². The predicted molar refractivity (Wildman–Crippen MR) is 62.4 cm³/mol. The van der Waals surface area contributed by atoms with E-state index < -0.39 is 0 Å². The average molecular weight is 240 g/mol. The SMILES string of the molecule is CC(=O)NC1CCCN2CCC(OC(C)=O)C12. The molecule has 2 heterocycles. The van der Waals surface area contributed by atoms with Gasteiger partial charge in [-0.05, 0) is 25.8 Å². The summed E-state index contributed by atoms with van der Waals surface area (Å²) in [6, 6.07) is 0.282. The van der Waals surface area contributed by atoms with Gasteiger partial charge in [0.05, 0.1) is 6.04 Å². The van der Waals surface area contributed by atoms with Crippen LogP contribution >= 0.6 is 0 Å². The number of hydrogen-bond donors (Lipinski definition) is 1. The molecule has 2 aliphatic rings. The highest BCUT2D eigenvalue weighted by Crippen LogP contribution is 2.29. The van der Waals surface area contributed by atoms with E-state index in [9.17, 15) is 9.59 Å². The van der Waals surface area contributed by atoms with Crippen molar-refractivity contribution in [3.63, 3.8) is 0 Å². The summed E-state index contributed by atoms with van der Waals surface area (Å²) in [5.41, 5.74) is 0. The Bertz CT molecular complexity index is 319. The van der Waals surface area contributed by atoms with E-state index >= 15 is 0 Å². The first-order chi connectivity index (χ1) is 8.08. The summed E-state index contributed by atoms with van der Waals surface area (Å²) in [7, 11) is 0. The number of hydrogen-bond acceptors (Lipinski definition) is 4. The van der Waals surface area contributed by atoms with Gasteiger partial charge in [0.15, 0.2) is 0 Å². The van der Waals surface area contributed by atoms with Crippen molar-refractivity contribution in [1.82, 2.24) is 10.2 Å². The van der Waals surface area contributed by atoms with Crippen molar-refractivity contribution in [3.05, 3.63) is 0 Å². The van der Waals surface area contributed by atoms with Crippen LogP contribution in [0, 0.1) is 0 Å². The van der Waals surface area contributed by atoms with E-state index in [2.05, 4.69) is 10.2 Å². The topological polar surface area (TPSA) is 58.6 Å². The molecular formula is C12H20N2O3. The number of esters is 1. The molecule has 17 heavy (non-hydrogen) atoms. The molecule has 3 unspecified atom stereocenters. The third-order valence-electron chi connectivity index (χ3n) is 3.58. The standard InChI is InChI=1S/C12H20N2O3/c1-8(15)13-10-4-3-6-14-7-5-11(12(10)14)17-9(2)16/h10-12H,3-7H2,1-2H3,(H,13,15). The normalized spacial score (nSPS) is 32.9. The van der Waals surface area contributed by atoms with Crippen LogP contribution in [0.2, 0.25) is 0 Å². The number of piperidine rings is 1. The van der Waals surface area contributed by atoms with E-state index in [1.807, 2.05) is 0 Å². The highest BCUT2D eigenvalue weighted by atomic mass is 16.5. The molecule has 96 valence electrons. The first-order valence-electron chi connectivity index (χ1n) is 6.26. The summed E-state index contributed by atoms with van der Waals surface area (Å²) in [5.74, 6) is -0.241. The van der Waals surface area contributed by atoms with Crippen LogP contribution in [-0.2, 0) is 14.3 Å². The van der Waals surface area contributed by atoms with Crippen LogP contribution in [0.25, 0.3) is 0 Å². The molecule has 2 aliphatic heterocycles.